The van der Waals surface area contributed by atoms with E-state index in [4.69, 9.17) is 4.74 Å². The van der Waals surface area contributed by atoms with E-state index in [1.807, 2.05) is 0 Å². The van der Waals surface area contributed by atoms with Crippen molar-refractivity contribution in [3.05, 3.63) is 83.9 Å². The number of thiol groups is 1. The van der Waals surface area contributed by atoms with Gasteiger partial charge in [0.15, 0.2) is 0 Å². The van der Waals surface area contributed by atoms with E-state index < -0.39 is 39.6 Å². The number of ether oxygens (including phenoxy) is 1. The molecule has 1 fully saturated rings. The van der Waals surface area contributed by atoms with Gasteiger partial charge < -0.3 is 14.7 Å². The number of anilines is 1. The van der Waals surface area contributed by atoms with Crippen molar-refractivity contribution in [3.8, 4) is 5.75 Å². The van der Waals surface area contributed by atoms with Gasteiger partial charge in [0.25, 0.3) is 5.60 Å². The highest BCUT2D eigenvalue weighted by Gasteiger charge is 2.71. The molecule has 6 nitrogen and oxygen atoms in total. The van der Waals surface area contributed by atoms with Gasteiger partial charge in [0, 0.05) is 41.8 Å². The topological polar surface area (TPSA) is 70.1 Å². The third-order valence-electron chi connectivity index (χ3n) is 6.97. The van der Waals surface area contributed by atoms with Gasteiger partial charge in [0.1, 0.15) is 5.75 Å². The normalized spacial score (nSPS) is 17.5. The summed E-state index contributed by atoms with van der Waals surface area (Å²) in [6.45, 7) is 0.0546. The summed E-state index contributed by atoms with van der Waals surface area (Å²) in [5, 5.41) is 9.75. The molecule has 0 radical (unpaired) electrons. The molecule has 3 aromatic carbocycles. The minimum absolute atomic E-state index is 0.00412. The second-order valence-electron chi connectivity index (χ2n) is 9.49. The quantitative estimate of drug-likeness (QED) is 0.273. The van der Waals surface area contributed by atoms with Crippen LogP contribution in [0.4, 0.5) is 32.0 Å². The molecular weight excluding hydrogens is 594 g/mol. The van der Waals surface area contributed by atoms with Crippen LogP contribution in [0.1, 0.15) is 11.1 Å². The first-order valence-electron chi connectivity index (χ1n) is 12.2. The van der Waals surface area contributed by atoms with E-state index in [-0.39, 0.29) is 41.5 Å². The largest absolute Gasteiger partial charge is 0.497 e. The van der Waals surface area contributed by atoms with Crippen molar-refractivity contribution in [2.45, 2.75) is 40.2 Å². The number of sulfonamides is 1. The lowest BCUT2D eigenvalue weighted by molar-refractivity contribution is -0.376. The Kier molecular flexibility index (Phi) is 8.61. The Morgan fingerprint density at radius 2 is 1.56 bits per heavy atom. The molecule has 0 amide bonds. The summed E-state index contributed by atoms with van der Waals surface area (Å²) < 4.78 is 114. The SMILES string of the molecule is COc1cccc(C[C@H]2CN(S(=O)(=O)c3ccccc3S)CCN2c2ccc(C(O)(C(F)(F)F)C(F)(F)F)cc2)c1. The van der Waals surface area contributed by atoms with Crippen molar-refractivity contribution >= 4 is 28.3 Å². The van der Waals surface area contributed by atoms with Gasteiger partial charge in [-0.1, -0.05) is 36.4 Å². The summed E-state index contributed by atoms with van der Waals surface area (Å²) in [6, 6.07) is 15.9. The summed E-state index contributed by atoms with van der Waals surface area (Å²) in [7, 11) is -2.49. The third kappa shape index (κ3) is 6.01. The number of methoxy groups -OCH3 is 1. The van der Waals surface area contributed by atoms with Crippen LogP contribution in [-0.4, -0.2) is 63.0 Å². The molecule has 1 heterocycles. The molecule has 14 heteroatoms. The fraction of sp³-hybridized carbons (Fsp3) is 0.333. The zero-order chi connectivity index (χ0) is 30.2. The maximum absolute atomic E-state index is 13.5. The minimum atomic E-state index is -6.01. The monoisotopic (exact) mass is 620 g/mol. The summed E-state index contributed by atoms with van der Waals surface area (Å²) in [4.78, 5) is 2.00. The molecule has 0 aromatic heterocycles. The Morgan fingerprint density at radius 3 is 2.15 bits per heavy atom. The standard InChI is InChI=1S/C27H26F6N2O4S2/c1-39-22-6-4-5-18(16-22)15-21-17-34(41(37,38)24-8-3-2-7-23(24)40)13-14-35(21)20-11-9-19(10-12-20)25(36,26(28,29)30)27(31,32)33/h2-12,16,21,36,40H,13-15,17H2,1H3/t21-/m0/s1. The molecular formula is C27H26F6N2O4S2. The first kappa shape index (κ1) is 31.0. The zero-order valence-electron chi connectivity index (χ0n) is 21.5. The van der Waals surface area contributed by atoms with E-state index in [0.717, 1.165) is 17.7 Å². The number of benzene rings is 3. The van der Waals surface area contributed by atoms with Crippen LogP contribution in [0.25, 0.3) is 0 Å². The Balaban J connectivity index is 1.70. The molecule has 1 aliphatic heterocycles. The Bertz CT molecular complexity index is 1470. The maximum Gasteiger partial charge on any atom is 0.430 e. The van der Waals surface area contributed by atoms with Gasteiger partial charge >= 0.3 is 12.4 Å². The molecule has 0 spiro atoms. The Morgan fingerprint density at radius 1 is 0.927 bits per heavy atom. The number of nitrogens with zero attached hydrogens (tertiary/aromatic N) is 2. The first-order valence-corrected chi connectivity index (χ1v) is 14.1. The van der Waals surface area contributed by atoms with Crippen LogP contribution in [-0.2, 0) is 22.0 Å². The van der Waals surface area contributed by atoms with Crippen molar-refractivity contribution in [2.24, 2.45) is 0 Å². The fourth-order valence-electron chi connectivity index (χ4n) is 4.83. The molecule has 0 bridgehead atoms. The molecule has 41 heavy (non-hydrogen) atoms. The molecule has 1 N–H and O–H groups in total. The number of piperazine rings is 1. The van der Waals surface area contributed by atoms with Crippen LogP contribution >= 0.6 is 12.6 Å². The number of rotatable bonds is 7. The lowest BCUT2D eigenvalue weighted by atomic mass is 9.92. The average Bonchev–Trinajstić information content (AvgIpc) is 2.91. The fourth-order valence-corrected chi connectivity index (χ4v) is 6.89. The van der Waals surface area contributed by atoms with Gasteiger partial charge in [-0.05, 0) is 48.4 Å². The van der Waals surface area contributed by atoms with Gasteiger partial charge in [-0.15, -0.1) is 12.6 Å². The van der Waals surface area contributed by atoms with E-state index in [2.05, 4.69) is 12.6 Å². The summed E-state index contributed by atoms with van der Waals surface area (Å²) >= 11 is 4.27. The molecule has 1 aliphatic rings. The predicted molar refractivity (Wildman–Crippen MR) is 143 cm³/mol. The molecule has 0 saturated carbocycles. The Labute approximate surface area is 238 Å². The van der Waals surface area contributed by atoms with Gasteiger partial charge in [0.05, 0.1) is 12.0 Å². The first-order chi connectivity index (χ1) is 19.1. The van der Waals surface area contributed by atoms with Crippen LogP contribution in [0.5, 0.6) is 5.75 Å². The van der Waals surface area contributed by atoms with Crippen LogP contribution in [0.2, 0.25) is 0 Å². The van der Waals surface area contributed by atoms with Gasteiger partial charge in [-0.2, -0.15) is 30.6 Å². The van der Waals surface area contributed by atoms with Crippen LogP contribution < -0.4 is 9.64 Å². The third-order valence-corrected chi connectivity index (χ3v) is 9.44. The number of alkyl halides is 6. The molecule has 1 atom stereocenters. The van der Waals surface area contributed by atoms with Gasteiger partial charge in [-0.3, -0.25) is 0 Å². The van der Waals surface area contributed by atoms with Gasteiger partial charge in [-0.25, -0.2) is 8.42 Å². The highest BCUT2D eigenvalue weighted by atomic mass is 32.2. The maximum atomic E-state index is 13.5. The van der Waals surface area contributed by atoms with Crippen molar-refractivity contribution in [3.63, 3.8) is 0 Å². The second-order valence-corrected chi connectivity index (χ2v) is 11.9. The number of hydrogen-bond acceptors (Lipinski definition) is 6. The molecule has 0 unspecified atom stereocenters. The highest BCUT2D eigenvalue weighted by molar-refractivity contribution is 7.90. The van der Waals surface area contributed by atoms with Crippen molar-refractivity contribution < 1.29 is 44.6 Å². The molecule has 3 aromatic rings. The highest BCUT2D eigenvalue weighted by Crippen LogP contribution is 2.50. The summed E-state index contributed by atoms with van der Waals surface area (Å²) in [5.74, 6) is 0.557. The number of hydrogen-bond donors (Lipinski definition) is 2. The second kappa shape index (κ2) is 11.4. The Hall–Kier alpha value is -2.94. The molecule has 0 aliphatic carbocycles. The van der Waals surface area contributed by atoms with E-state index in [9.17, 15) is 39.9 Å². The predicted octanol–water partition coefficient (Wildman–Crippen LogP) is 5.42. The van der Waals surface area contributed by atoms with E-state index in [1.165, 1.54) is 17.5 Å². The average molecular weight is 621 g/mol. The van der Waals surface area contributed by atoms with Crippen molar-refractivity contribution in [1.29, 1.82) is 0 Å². The summed E-state index contributed by atoms with van der Waals surface area (Å²) in [6.07, 6.45) is -11.7. The molecule has 222 valence electrons. The van der Waals surface area contributed by atoms with E-state index in [0.29, 0.717) is 17.9 Å². The van der Waals surface area contributed by atoms with E-state index in [1.54, 1.807) is 47.4 Å². The zero-order valence-corrected chi connectivity index (χ0v) is 23.2. The summed E-state index contributed by atoms with van der Waals surface area (Å²) in [5.41, 5.74) is -5.39. The van der Waals surface area contributed by atoms with Crippen LogP contribution in [0, 0.1) is 0 Å². The van der Waals surface area contributed by atoms with Crippen LogP contribution in [0.15, 0.2) is 82.6 Å². The lowest BCUT2D eigenvalue weighted by Crippen LogP contribution is -2.56. The molecule has 1 saturated heterocycles. The van der Waals surface area contributed by atoms with Crippen molar-refractivity contribution in [2.75, 3.05) is 31.6 Å². The number of aliphatic hydroxyl groups is 1. The smallest absolute Gasteiger partial charge is 0.430 e. The van der Waals surface area contributed by atoms with Crippen LogP contribution in [0.3, 0.4) is 0 Å². The minimum Gasteiger partial charge on any atom is -0.497 e. The van der Waals surface area contributed by atoms with Gasteiger partial charge in [0.2, 0.25) is 10.0 Å². The van der Waals surface area contributed by atoms with E-state index >= 15 is 0 Å². The number of halogens is 6. The molecule has 4 rings (SSSR count). The van der Waals surface area contributed by atoms with Crippen molar-refractivity contribution in [1.82, 2.24) is 4.31 Å². The lowest BCUT2D eigenvalue weighted by Gasteiger charge is -2.42.